The Morgan fingerprint density at radius 2 is 1.00 bits per heavy atom. The van der Waals surface area contributed by atoms with Gasteiger partial charge in [0, 0.05) is 23.2 Å². The number of nitrogens with one attached hydrogen (secondary N) is 2. The van der Waals surface area contributed by atoms with E-state index in [-0.39, 0.29) is 118 Å². The molecular weight excluding hydrogens is 530 g/mol. The van der Waals surface area contributed by atoms with Crippen molar-refractivity contribution in [3.63, 3.8) is 0 Å². The molecule has 2 aromatic carbocycles. The second-order valence-electron chi connectivity index (χ2n) is 8.34. The molecule has 14 heteroatoms. The molecule has 2 N–H and O–H groups in total. The Hall–Kier alpha value is -0.800. The first-order chi connectivity index (χ1) is 15.6. The van der Waals surface area contributed by atoms with Gasteiger partial charge in [0.25, 0.3) is 0 Å². The van der Waals surface area contributed by atoms with Crippen LogP contribution < -0.4 is 69.7 Å². The number of amides is 2. The van der Waals surface area contributed by atoms with E-state index in [9.17, 15) is 35.5 Å². The van der Waals surface area contributed by atoms with Crippen LogP contribution in [0.2, 0.25) is 0 Å². The summed E-state index contributed by atoms with van der Waals surface area (Å²) in [4.78, 5) is 22.7. The van der Waals surface area contributed by atoms with E-state index < -0.39 is 30.0 Å². The smallest absolute Gasteiger partial charge is 0.744 e. The van der Waals surface area contributed by atoms with Gasteiger partial charge in [0.05, 0.1) is 9.79 Å². The molecule has 2 amide bonds. The molecule has 0 spiro atoms. The van der Waals surface area contributed by atoms with Gasteiger partial charge in [-0.3, -0.25) is 9.59 Å². The summed E-state index contributed by atoms with van der Waals surface area (Å²) in [6, 6.07) is 7.66. The topological polar surface area (TPSA) is 173 Å². The quantitative estimate of drug-likeness (QED) is 0.236. The fraction of sp³-hybridized carbons (Fsp3) is 0.364. The minimum atomic E-state index is -4.91. The Balaban J connectivity index is 0.00000612. The Morgan fingerprint density at radius 3 is 1.25 bits per heavy atom. The molecule has 0 unspecified atom stereocenters. The van der Waals surface area contributed by atoms with Gasteiger partial charge in [0.2, 0.25) is 11.8 Å². The molecule has 10 nitrogen and oxygen atoms in total. The van der Waals surface area contributed by atoms with Gasteiger partial charge in [-0.05, 0) is 48.2 Å². The van der Waals surface area contributed by atoms with Crippen molar-refractivity contribution in [3.05, 3.63) is 47.5 Å². The summed E-state index contributed by atoms with van der Waals surface area (Å²) in [5.74, 6) is -1.46. The average Bonchev–Trinajstić information content (AvgIpc) is 2.71. The summed E-state index contributed by atoms with van der Waals surface area (Å²) in [6.45, 7) is 6.60. The molecule has 0 saturated heterocycles. The van der Waals surface area contributed by atoms with Crippen molar-refractivity contribution in [3.8, 4) is 0 Å². The van der Waals surface area contributed by atoms with E-state index in [2.05, 4.69) is 10.6 Å². The van der Waals surface area contributed by atoms with E-state index in [1.54, 1.807) is 27.7 Å². The SMILES string of the molecule is CC(C)C(=O)Nc1ccc(CCc2ccc(NC(=O)C(C)C)cc2S(=O)(=O)[O-])c(S(=O)(=O)[O-])c1.[Na+].[Na+]. The van der Waals surface area contributed by atoms with Crippen molar-refractivity contribution in [2.45, 2.75) is 50.3 Å². The molecule has 0 aliphatic rings. The molecular formula is C22H26N2Na2O8S2. The number of carbonyl (C=O) groups is 2. The fourth-order valence-electron chi connectivity index (χ4n) is 2.99. The first kappa shape index (κ1) is 35.2. The molecule has 0 heterocycles. The first-order valence-electron chi connectivity index (χ1n) is 10.4. The molecule has 186 valence electrons. The van der Waals surface area contributed by atoms with Crippen molar-refractivity contribution in [2.75, 3.05) is 10.6 Å². The molecule has 2 aromatic rings. The minimum absolute atomic E-state index is 0. The summed E-state index contributed by atoms with van der Waals surface area (Å²) < 4.78 is 70.9. The van der Waals surface area contributed by atoms with Gasteiger partial charge in [-0.2, -0.15) is 0 Å². The zero-order valence-electron chi connectivity index (χ0n) is 21.1. The second kappa shape index (κ2) is 14.4. The number of anilines is 2. The minimum Gasteiger partial charge on any atom is -0.744 e. The monoisotopic (exact) mass is 556 g/mol. The summed E-state index contributed by atoms with van der Waals surface area (Å²) in [5, 5.41) is 5.03. The predicted molar refractivity (Wildman–Crippen MR) is 123 cm³/mol. The van der Waals surface area contributed by atoms with Gasteiger partial charge in [-0.1, -0.05) is 39.8 Å². The summed E-state index contributed by atoms with van der Waals surface area (Å²) in [6.07, 6.45) is -0.148. The summed E-state index contributed by atoms with van der Waals surface area (Å²) in [7, 11) is -9.82. The number of rotatable bonds is 9. The number of hydrogen-bond acceptors (Lipinski definition) is 8. The maximum atomic E-state index is 11.9. The van der Waals surface area contributed by atoms with Gasteiger partial charge in [-0.15, -0.1) is 0 Å². The van der Waals surface area contributed by atoms with Gasteiger partial charge < -0.3 is 19.7 Å². The average molecular weight is 557 g/mol. The van der Waals surface area contributed by atoms with Gasteiger partial charge >= 0.3 is 59.1 Å². The molecule has 0 atom stereocenters. The molecule has 0 aliphatic carbocycles. The van der Waals surface area contributed by atoms with Gasteiger partial charge in [-0.25, -0.2) is 16.8 Å². The van der Waals surface area contributed by atoms with Crippen LogP contribution in [0.25, 0.3) is 0 Å². The van der Waals surface area contributed by atoms with E-state index in [1.807, 2.05) is 0 Å². The Kier molecular flexibility index (Phi) is 14.1. The molecule has 0 fully saturated rings. The Labute approximate surface area is 256 Å². The van der Waals surface area contributed by atoms with Crippen LogP contribution in [0.5, 0.6) is 0 Å². The number of hydrogen-bond donors (Lipinski definition) is 2. The summed E-state index contributed by atoms with van der Waals surface area (Å²) in [5.41, 5.74) is 0.461. The van der Waals surface area contributed by atoms with Crippen molar-refractivity contribution in [2.24, 2.45) is 11.8 Å². The third-order valence-corrected chi connectivity index (χ3v) is 6.76. The second-order valence-corrected chi connectivity index (χ2v) is 11.0. The Bertz CT molecular complexity index is 1210. The maximum Gasteiger partial charge on any atom is 1.00 e. The van der Waals surface area contributed by atoms with E-state index in [4.69, 9.17) is 0 Å². The number of carbonyl (C=O) groups excluding carboxylic acids is 2. The van der Waals surface area contributed by atoms with Crippen LogP contribution in [0.4, 0.5) is 11.4 Å². The van der Waals surface area contributed by atoms with Crippen LogP contribution in [0.1, 0.15) is 38.8 Å². The zero-order valence-corrected chi connectivity index (χ0v) is 26.7. The van der Waals surface area contributed by atoms with E-state index in [0.29, 0.717) is 0 Å². The van der Waals surface area contributed by atoms with Crippen molar-refractivity contribution in [1.29, 1.82) is 0 Å². The van der Waals surface area contributed by atoms with E-state index >= 15 is 0 Å². The molecule has 0 bridgehead atoms. The van der Waals surface area contributed by atoms with Gasteiger partial charge in [0.15, 0.2) is 0 Å². The van der Waals surface area contributed by atoms with Crippen molar-refractivity contribution >= 4 is 43.4 Å². The standard InChI is InChI=1S/C22H28N2O8S2.2Na/c1-13(2)21(25)23-17-9-7-15(19(11-17)33(27,28)29)5-6-16-8-10-18(24-22(26)14(3)4)12-20(16)34(30,31)32;;/h7-14H,5-6H2,1-4H3,(H,23,25)(H,24,26)(H,27,28,29)(H,30,31,32);;/q;2*+1/p-2. The van der Waals surface area contributed by atoms with Crippen LogP contribution in [0, 0.1) is 11.8 Å². The molecule has 0 radical (unpaired) electrons. The normalized spacial score (nSPS) is 11.4. The first-order valence-corrected chi connectivity index (χ1v) is 13.2. The Morgan fingerprint density at radius 1 is 0.694 bits per heavy atom. The molecule has 0 aromatic heterocycles. The fourth-order valence-corrected chi connectivity index (χ4v) is 4.51. The van der Waals surface area contributed by atoms with Gasteiger partial charge in [0.1, 0.15) is 20.2 Å². The van der Waals surface area contributed by atoms with Crippen LogP contribution >= 0.6 is 0 Å². The van der Waals surface area contributed by atoms with Crippen molar-refractivity contribution < 1.29 is 94.6 Å². The molecule has 36 heavy (non-hydrogen) atoms. The number of aryl methyl sites for hydroxylation is 2. The third-order valence-electron chi connectivity index (χ3n) is 4.92. The van der Waals surface area contributed by atoms with E-state index in [0.717, 1.165) is 12.1 Å². The molecule has 0 saturated carbocycles. The van der Waals surface area contributed by atoms with Crippen LogP contribution in [-0.4, -0.2) is 37.8 Å². The maximum absolute atomic E-state index is 11.9. The largest absolute Gasteiger partial charge is 1.00 e. The molecule has 0 aliphatic heterocycles. The van der Waals surface area contributed by atoms with Crippen LogP contribution in [0.15, 0.2) is 46.2 Å². The number of benzene rings is 2. The van der Waals surface area contributed by atoms with Crippen LogP contribution in [-0.2, 0) is 42.7 Å². The van der Waals surface area contributed by atoms with Crippen LogP contribution in [0.3, 0.4) is 0 Å². The predicted octanol–water partition coefficient (Wildman–Crippen LogP) is -3.52. The summed E-state index contributed by atoms with van der Waals surface area (Å²) >= 11 is 0. The third kappa shape index (κ3) is 10.2. The van der Waals surface area contributed by atoms with Crippen molar-refractivity contribution in [1.82, 2.24) is 0 Å². The molecule has 2 rings (SSSR count). The zero-order chi connectivity index (χ0) is 25.8. The van der Waals surface area contributed by atoms with E-state index in [1.165, 1.54) is 24.3 Å².